The Bertz CT molecular complexity index is 886. The molecule has 0 aliphatic rings. The molecular weight excluding hydrogens is 374 g/mol. The summed E-state index contributed by atoms with van der Waals surface area (Å²) in [7, 11) is 3.26. The van der Waals surface area contributed by atoms with E-state index in [0.29, 0.717) is 26.2 Å². The molecule has 8 heteroatoms. The van der Waals surface area contributed by atoms with Crippen LogP contribution >= 0.6 is 22.9 Å². The van der Waals surface area contributed by atoms with Crippen LogP contribution in [0.3, 0.4) is 0 Å². The molecule has 0 bridgehead atoms. The number of carbonyl (C=O) groups excluding carboxylic acids is 2. The molecule has 2 aromatic rings. The zero-order valence-corrected chi connectivity index (χ0v) is 16.4. The van der Waals surface area contributed by atoms with E-state index >= 15 is 0 Å². The fraction of sp³-hybridized carbons (Fsp3) is 0.278. The molecule has 1 aromatic heterocycles. The van der Waals surface area contributed by atoms with Gasteiger partial charge in [0.25, 0.3) is 11.8 Å². The van der Waals surface area contributed by atoms with Crippen LogP contribution in [-0.4, -0.2) is 36.9 Å². The number of halogens is 1. The number of amides is 2. The number of hydrogen-bond donors (Lipinski definition) is 1. The van der Waals surface area contributed by atoms with Gasteiger partial charge in [0.2, 0.25) is 0 Å². The maximum Gasteiger partial charge on any atom is 0.265 e. The summed E-state index contributed by atoms with van der Waals surface area (Å²) in [4.78, 5) is 26.5. The predicted molar refractivity (Wildman–Crippen MR) is 102 cm³/mol. The van der Waals surface area contributed by atoms with Crippen LogP contribution in [0, 0.1) is 18.3 Å². The van der Waals surface area contributed by atoms with Gasteiger partial charge in [-0.05, 0) is 37.6 Å². The van der Waals surface area contributed by atoms with Gasteiger partial charge < -0.3 is 15.0 Å². The minimum atomic E-state index is -0.810. The average molecular weight is 392 g/mol. The summed E-state index contributed by atoms with van der Waals surface area (Å²) in [6, 6.07) is 8.77. The largest absolute Gasteiger partial charge is 0.481 e. The SMILES string of the molecule is Cc1c(C(=O)N(C)C)sc(NC(=O)C(C)Oc2cccc(Cl)c2)c1C#N. The van der Waals surface area contributed by atoms with Crippen molar-refractivity contribution < 1.29 is 14.3 Å². The molecule has 6 nitrogen and oxygen atoms in total. The molecule has 136 valence electrons. The standard InChI is InChI=1S/C18H18ClN3O3S/c1-10-14(9-20)17(26-15(10)18(24)22(3)4)21-16(23)11(2)25-13-7-5-6-12(19)8-13/h5-8,11H,1-4H3,(H,21,23). The number of carbonyl (C=O) groups is 2. The second kappa shape index (κ2) is 8.21. The van der Waals surface area contributed by atoms with Gasteiger partial charge in [-0.3, -0.25) is 9.59 Å². The zero-order chi connectivity index (χ0) is 19.4. The summed E-state index contributed by atoms with van der Waals surface area (Å²) in [5.74, 6) is -0.175. The maximum atomic E-state index is 12.4. The van der Waals surface area contributed by atoms with Crippen molar-refractivity contribution in [3.63, 3.8) is 0 Å². The van der Waals surface area contributed by atoms with Crippen LogP contribution in [0.5, 0.6) is 5.75 Å². The Balaban J connectivity index is 2.19. The second-order valence-electron chi connectivity index (χ2n) is 5.78. The van der Waals surface area contributed by atoms with Crippen molar-refractivity contribution in [1.29, 1.82) is 5.26 Å². The number of benzene rings is 1. The van der Waals surface area contributed by atoms with E-state index in [9.17, 15) is 14.9 Å². The van der Waals surface area contributed by atoms with Crippen LogP contribution in [-0.2, 0) is 4.79 Å². The molecule has 1 unspecified atom stereocenters. The Morgan fingerprint density at radius 3 is 2.65 bits per heavy atom. The van der Waals surface area contributed by atoms with Crippen molar-refractivity contribution in [3.8, 4) is 11.8 Å². The zero-order valence-electron chi connectivity index (χ0n) is 14.8. The first-order valence-electron chi connectivity index (χ1n) is 7.72. The van der Waals surface area contributed by atoms with E-state index in [4.69, 9.17) is 16.3 Å². The molecule has 0 saturated carbocycles. The van der Waals surface area contributed by atoms with E-state index in [1.807, 2.05) is 6.07 Å². The number of anilines is 1. The van der Waals surface area contributed by atoms with E-state index in [1.54, 1.807) is 52.2 Å². The van der Waals surface area contributed by atoms with Gasteiger partial charge >= 0.3 is 0 Å². The summed E-state index contributed by atoms with van der Waals surface area (Å²) >= 11 is 6.98. The summed E-state index contributed by atoms with van der Waals surface area (Å²) in [6.07, 6.45) is -0.810. The highest BCUT2D eigenvalue weighted by Gasteiger charge is 2.24. The van der Waals surface area contributed by atoms with Crippen molar-refractivity contribution >= 4 is 39.8 Å². The van der Waals surface area contributed by atoms with Gasteiger partial charge in [-0.25, -0.2) is 0 Å². The van der Waals surface area contributed by atoms with Crippen LogP contribution in [0.15, 0.2) is 24.3 Å². The Morgan fingerprint density at radius 1 is 1.38 bits per heavy atom. The Kier molecular flexibility index (Phi) is 6.24. The van der Waals surface area contributed by atoms with Crippen molar-refractivity contribution in [3.05, 3.63) is 45.3 Å². The topological polar surface area (TPSA) is 82.4 Å². The highest BCUT2D eigenvalue weighted by atomic mass is 35.5. The molecule has 2 amide bonds. The van der Waals surface area contributed by atoms with E-state index in [-0.39, 0.29) is 11.5 Å². The molecule has 0 aliphatic carbocycles. The lowest BCUT2D eigenvalue weighted by molar-refractivity contribution is -0.122. The predicted octanol–water partition coefficient (Wildman–Crippen LogP) is 3.69. The quantitative estimate of drug-likeness (QED) is 0.842. The number of hydrogen-bond acceptors (Lipinski definition) is 5. The Morgan fingerprint density at radius 2 is 2.08 bits per heavy atom. The first-order valence-corrected chi connectivity index (χ1v) is 8.92. The summed E-state index contributed by atoms with van der Waals surface area (Å²) in [5.41, 5.74) is 0.832. The molecule has 0 spiro atoms. The Labute approximate surface area is 160 Å². The van der Waals surface area contributed by atoms with Gasteiger partial charge in [-0.2, -0.15) is 5.26 Å². The van der Waals surface area contributed by atoms with E-state index < -0.39 is 12.0 Å². The minimum absolute atomic E-state index is 0.215. The van der Waals surface area contributed by atoms with Gasteiger partial charge in [0.1, 0.15) is 16.8 Å². The third-order valence-electron chi connectivity index (χ3n) is 3.57. The molecule has 0 saturated heterocycles. The fourth-order valence-electron chi connectivity index (χ4n) is 2.15. The minimum Gasteiger partial charge on any atom is -0.481 e. The van der Waals surface area contributed by atoms with E-state index in [0.717, 1.165) is 11.3 Å². The average Bonchev–Trinajstić information content (AvgIpc) is 2.89. The number of rotatable bonds is 5. The summed E-state index contributed by atoms with van der Waals surface area (Å²) < 4.78 is 5.58. The lowest BCUT2D eigenvalue weighted by Crippen LogP contribution is -2.30. The monoisotopic (exact) mass is 391 g/mol. The van der Waals surface area contributed by atoms with Gasteiger partial charge in [0, 0.05) is 19.1 Å². The molecule has 0 fully saturated rings. The second-order valence-corrected chi connectivity index (χ2v) is 7.24. The molecule has 0 aliphatic heterocycles. The highest BCUT2D eigenvalue weighted by molar-refractivity contribution is 7.18. The Hall–Kier alpha value is -2.56. The van der Waals surface area contributed by atoms with Crippen LogP contribution in [0.25, 0.3) is 0 Å². The molecule has 0 radical (unpaired) electrons. The highest BCUT2D eigenvalue weighted by Crippen LogP contribution is 2.33. The van der Waals surface area contributed by atoms with Gasteiger partial charge in [0.15, 0.2) is 6.10 Å². The molecule has 26 heavy (non-hydrogen) atoms. The molecule has 2 rings (SSSR count). The van der Waals surface area contributed by atoms with Crippen molar-refractivity contribution in [2.24, 2.45) is 0 Å². The molecular formula is C18H18ClN3O3S. The van der Waals surface area contributed by atoms with Crippen molar-refractivity contribution in [1.82, 2.24) is 4.90 Å². The third-order valence-corrected chi connectivity index (χ3v) is 5.00. The van der Waals surface area contributed by atoms with E-state index in [2.05, 4.69) is 5.32 Å². The van der Waals surface area contributed by atoms with Crippen molar-refractivity contribution in [2.75, 3.05) is 19.4 Å². The normalized spacial score (nSPS) is 11.4. The maximum absolute atomic E-state index is 12.4. The molecule has 1 atom stereocenters. The molecule has 1 aromatic carbocycles. The van der Waals surface area contributed by atoms with Gasteiger partial charge in [0.05, 0.1) is 10.4 Å². The molecule has 1 N–H and O–H groups in total. The van der Waals surface area contributed by atoms with Crippen LogP contribution in [0.1, 0.15) is 27.7 Å². The number of thiophene rings is 1. The number of ether oxygens (including phenoxy) is 1. The van der Waals surface area contributed by atoms with E-state index in [1.165, 1.54) is 4.90 Å². The van der Waals surface area contributed by atoms with Gasteiger partial charge in [-0.15, -0.1) is 11.3 Å². The van der Waals surface area contributed by atoms with Crippen molar-refractivity contribution in [2.45, 2.75) is 20.0 Å². The first kappa shape index (κ1) is 19.8. The number of nitriles is 1. The lowest BCUT2D eigenvalue weighted by Gasteiger charge is -2.14. The van der Waals surface area contributed by atoms with Crippen LogP contribution in [0.4, 0.5) is 5.00 Å². The molecule has 1 heterocycles. The lowest BCUT2D eigenvalue weighted by atomic mass is 10.1. The number of nitrogens with zero attached hydrogens (tertiary/aromatic N) is 2. The summed E-state index contributed by atoms with van der Waals surface area (Å²) in [5, 5.41) is 12.9. The van der Waals surface area contributed by atoms with Gasteiger partial charge in [-0.1, -0.05) is 17.7 Å². The third kappa shape index (κ3) is 4.34. The number of nitrogens with one attached hydrogen (secondary N) is 1. The fourth-order valence-corrected chi connectivity index (χ4v) is 3.52. The van der Waals surface area contributed by atoms with Crippen LogP contribution in [0.2, 0.25) is 5.02 Å². The first-order chi connectivity index (χ1) is 12.2. The van der Waals surface area contributed by atoms with Crippen LogP contribution < -0.4 is 10.1 Å². The summed E-state index contributed by atoms with van der Waals surface area (Å²) in [6.45, 7) is 3.28. The smallest absolute Gasteiger partial charge is 0.265 e.